The van der Waals surface area contributed by atoms with Gasteiger partial charge in [0.25, 0.3) is 0 Å². The number of aryl methyl sites for hydroxylation is 2. The van der Waals surface area contributed by atoms with E-state index in [1.54, 1.807) is 6.20 Å². The lowest BCUT2D eigenvalue weighted by molar-refractivity contribution is 0.286. The summed E-state index contributed by atoms with van der Waals surface area (Å²) in [5.74, 6) is 0.725. The molecule has 2 heterocycles. The van der Waals surface area contributed by atoms with Gasteiger partial charge in [-0.25, -0.2) is 0 Å². The molecule has 0 aliphatic heterocycles. The summed E-state index contributed by atoms with van der Waals surface area (Å²) < 4.78 is 5.96. The molecule has 0 radical (unpaired) electrons. The van der Waals surface area contributed by atoms with Gasteiger partial charge in [0.15, 0.2) is 0 Å². The lowest BCUT2D eigenvalue weighted by Gasteiger charge is -2.16. The van der Waals surface area contributed by atoms with Crippen LogP contribution in [0, 0.1) is 20.8 Å². The summed E-state index contributed by atoms with van der Waals surface area (Å²) in [4.78, 5) is 4.35. The number of rotatable bonds is 6. The predicted octanol–water partition coefficient (Wildman–Crippen LogP) is 4.50. The van der Waals surface area contributed by atoms with Gasteiger partial charge < -0.3 is 10.5 Å². The summed E-state index contributed by atoms with van der Waals surface area (Å²) >= 11 is 0. The Bertz CT molecular complexity index is 1150. The zero-order chi connectivity index (χ0) is 20.4. The molecule has 0 aliphatic rings. The Kier molecular flexibility index (Phi) is 5.32. The highest BCUT2D eigenvalue weighted by Crippen LogP contribution is 2.27. The monoisotopic (exact) mass is 386 g/mol. The number of aromatic nitrogens is 3. The molecule has 0 amide bonds. The van der Waals surface area contributed by atoms with Crippen molar-refractivity contribution in [1.29, 1.82) is 0 Å². The van der Waals surface area contributed by atoms with Gasteiger partial charge in [0.2, 0.25) is 0 Å². The third-order valence-corrected chi connectivity index (χ3v) is 5.46. The summed E-state index contributed by atoms with van der Waals surface area (Å²) in [5, 5.41) is 8.41. The number of pyridine rings is 1. The van der Waals surface area contributed by atoms with E-state index < -0.39 is 0 Å². The van der Waals surface area contributed by atoms with Crippen LogP contribution in [-0.2, 0) is 6.42 Å². The molecule has 0 saturated carbocycles. The average molecular weight is 386 g/mol. The van der Waals surface area contributed by atoms with E-state index in [2.05, 4.69) is 59.4 Å². The third kappa shape index (κ3) is 4.15. The van der Waals surface area contributed by atoms with Gasteiger partial charge in [-0.2, -0.15) is 5.10 Å². The van der Waals surface area contributed by atoms with Gasteiger partial charge in [0, 0.05) is 23.2 Å². The molecule has 0 saturated heterocycles. The van der Waals surface area contributed by atoms with E-state index in [1.807, 2.05) is 25.3 Å². The first kappa shape index (κ1) is 19.2. The van der Waals surface area contributed by atoms with Crippen LogP contribution in [0.25, 0.3) is 22.0 Å². The first-order valence-corrected chi connectivity index (χ1v) is 9.85. The van der Waals surface area contributed by atoms with Gasteiger partial charge >= 0.3 is 0 Å². The summed E-state index contributed by atoms with van der Waals surface area (Å²) in [5.41, 5.74) is 14.3. The van der Waals surface area contributed by atoms with Crippen LogP contribution in [0.5, 0.6) is 5.75 Å². The van der Waals surface area contributed by atoms with Gasteiger partial charge in [0.05, 0.1) is 17.4 Å². The van der Waals surface area contributed by atoms with Crippen LogP contribution in [0.2, 0.25) is 0 Å². The first-order chi connectivity index (χ1) is 14.0. The Morgan fingerprint density at radius 1 is 1.03 bits per heavy atom. The van der Waals surface area contributed by atoms with Gasteiger partial charge in [-0.1, -0.05) is 24.3 Å². The quantitative estimate of drug-likeness (QED) is 0.511. The Labute approximate surface area is 170 Å². The van der Waals surface area contributed by atoms with Crippen molar-refractivity contribution in [3.8, 4) is 16.9 Å². The van der Waals surface area contributed by atoms with Crippen molar-refractivity contribution in [2.24, 2.45) is 5.73 Å². The number of ether oxygens (including phenoxy) is 1. The van der Waals surface area contributed by atoms with E-state index in [9.17, 15) is 0 Å². The SMILES string of the molecule is Cc1cccc(C[C@H](N)COc2cncc(-c3ccc4[nH]nc(C)c4c3)c2)c1C. The molecule has 1 atom stereocenters. The minimum absolute atomic E-state index is 0.0795. The Balaban J connectivity index is 1.45. The molecule has 29 heavy (non-hydrogen) atoms. The van der Waals surface area contributed by atoms with E-state index >= 15 is 0 Å². The summed E-state index contributed by atoms with van der Waals surface area (Å²) in [7, 11) is 0. The smallest absolute Gasteiger partial charge is 0.138 e. The molecular weight excluding hydrogens is 360 g/mol. The Morgan fingerprint density at radius 2 is 1.90 bits per heavy atom. The number of H-pyrrole nitrogens is 1. The van der Waals surface area contributed by atoms with Gasteiger partial charge in [0.1, 0.15) is 12.4 Å². The summed E-state index contributed by atoms with van der Waals surface area (Å²) in [6.45, 7) is 6.71. The fraction of sp³-hybridized carbons (Fsp3) is 0.250. The normalized spacial score (nSPS) is 12.3. The zero-order valence-electron chi connectivity index (χ0n) is 17.1. The largest absolute Gasteiger partial charge is 0.490 e. The number of fused-ring (bicyclic) bond motifs is 1. The Morgan fingerprint density at radius 3 is 2.76 bits per heavy atom. The van der Waals surface area contributed by atoms with Gasteiger partial charge in [-0.3, -0.25) is 10.1 Å². The second-order valence-electron chi connectivity index (χ2n) is 7.61. The second-order valence-corrected chi connectivity index (χ2v) is 7.61. The van der Waals surface area contributed by atoms with E-state index in [0.717, 1.165) is 39.9 Å². The van der Waals surface area contributed by atoms with E-state index in [1.165, 1.54) is 16.7 Å². The lowest BCUT2D eigenvalue weighted by Crippen LogP contribution is -2.30. The molecule has 4 aromatic rings. The van der Waals surface area contributed by atoms with Gasteiger partial charge in [-0.05, 0) is 67.6 Å². The molecule has 5 heteroatoms. The Hall–Kier alpha value is -3.18. The average Bonchev–Trinajstić information content (AvgIpc) is 3.10. The van der Waals surface area contributed by atoms with Crippen LogP contribution in [0.3, 0.4) is 0 Å². The van der Waals surface area contributed by atoms with Crippen molar-refractivity contribution < 1.29 is 4.74 Å². The fourth-order valence-electron chi connectivity index (χ4n) is 3.56. The molecule has 5 nitrogen and oxygen atoms in total. The topological polar surface area (TPSA) is 76.8 Å². The van der Waals surface area contributed by atoms with Crippen molar-refractivity contribution in [3.05, 3.63) is 77.2 Å². The molecule has 0 aliphatic carbocycles. The maximum absolute atomic E-state index is 6.33. The van der Waals surface area contributed by atoms with Crippen molar-refractivity contribution >= 4 is 10.9 Å². The molecule has 0 unspecified atom stereocenters. The molecule has 4 rings (SSSR count). The molecule has 0 bridgehead atoms. The van der Waals surface area contributed by atoms with Crippen molar-refractivity contribution in [2.45, 2.75) is 33.2 Å². The molecule has 2 aromatic heterocycles. The molecule has 148 valence electrons. The van der Waals surface area contributed by atoms with Crippen LogP contribution in [0.4, 0.5) is 0 Å². The summed E-state index contributed by atoms with van der Waals surface area (Å²) in [6.07, 6.45) is 4.37. The van der Waals surface area contributed by atoms with Crippen molar-refractivity contribution in [1.82, 2.24) is 15.2 Å². The number of hydrogen-bond acceptors (Lipinski definition) is 4. The maximum Gasteiger partial charge on any atom is 0.138 e. The molecule has 0 spiro atoms. The predicted molar refractivity (Wildman–Crippen MR) is 117 cm³/mol. The van der Waals surface area contributed by atoms with Crippen molar-refractivity contribution in [3.63, 3.8) is 0 Å². The maximum atomic E-state index is 6.33. The summed E-state index contributed by atoms with van der Waals surface area (Å²) in [6, 6.07) is 14.5. The molecular formula is C24H26N4O. The third-order valence-electron chi connectivity index (χ3n) is 5.46. The van der Waals surface area contributed by atoms with E-state index in [0.29, 0.717) is 6.61 Å². The molecule has 0 fully saturated rings. The number of nitrogens with zero attached hydrogens (tertiary/aromatic N) is 2. The van der Waals surface area contributed by atoms with Crippen LogP contribution in [0.15, 0.2) is 54.9 Å². The van der Waals surface area contributed by atoms with Crippen LogP contribution in [-0.4, -0.2) is 27.8 Å². The zero-order valence-corrected chi connectivity index (χ0v) is 17.1. The van der Waals surface area contributed by atoms with Gasteiger partial charge in [-0.15, -0.1) is 0 Å². The highest BCUT2D eigenvalue weighted by atomic mass is 16.5. The molecule has 3 N–H and O–H groups in total. The minimum Gasteiger partial charge on any atom is -0.490 e. The lowest BCUT2D eigenvalue weighted by atomic mass is 9.98. The second kappa shape index (κ2) is 8.05. The number of benzene rings is 2. The fourth-order valence-corrected chi connectivity index (χ4v) is 3.56. The highest BCUT2D eigenvalue weighted by molar-refractivity contribution is 5.86. The number of nitrogens with two attached hydrogens (primary N) is 1. The van der Waals surface area contributed by atoms with E-state index in [4.69, 9.17) is 10.5 Å². The first-order valence-electron chi connectivity index (χ1n) is 9.85. The number of nitrogens with one attached hydrogen (secondary N) is 1. The minimum atomic E-state index is -0.0795. The molecule has 2 aromatic carbocycles. The highest BCUT2D eigenvalue weighted by Gasteiger charge is 2.10. The number of hydrogen-bond donors (Lipinski definition) is 2. The van der Waals surface area contributed by atoms with Crippen molar-refractivity contribution in [2.75, 3.05) is 6.61 Å². The van der Waals surface area contributed by atoms with Crippen LogP contribution < -0.4 is 10.5 Å². The number of aromatic amines is 1. The van der Waals surface area contributed by atoms with Crippen LogP contribution >= 0.6 is 0 Å². The van der Waals surface area contributed by atoms with E-state index in [-0.39, 0.29) is 6.04 Å². The van der Waals surface area contributed by atoms with Crippen LogP contribution in [0.1, 0.15) is 22.4 Å². The standard InChI is InChI=1S/C24H26N4O/c1-15-5-4-6-18(16(15)2)9-21(25)14-29-22-10-20(12-26-13-22)19-7-8-24-23(11-19)17(3)27-28-24/h4-8,10-13,21H,9,14,25H2,1-3H3,(H,27,28)/t21-/m0/s1.